The smallest absolute Gasteiger partial charge is 0.243 e. The highest BCUT2D eigenvalue weighted by atomic mass is 32.1. The minimum Gasteiger partial charge on any atom is -0.243 e. The van der Waals surface area contributed by atoms with Crippen LogP contribution in [0.15, 0.2) is 121 Å². The van der Waals surface area contributed by atoms with Gasteiger partial charge in [-0.2, -0.15) is 13.2 Å². The van der Waals surface area contributed by atoms with E-state index in [0.717, 1.165) is 44.2 Å². The first-order valence-corrected chi connectivity index (χ1v) is 26.7. The van der Waals surface area contributed by atoms with E-state index in [2.05, 4.69) is 57.2 Å². The van der Waals surface area contributed by atoms with Gasteiger partial charge in [-0.25, -0.2) is 9.97 Å². The van der Waals surface area contributed by atoms with Gasteiger partial charge < -0.3 is 0 Å². The van der Waals surface area contributed by atoms with Gasteiger partial charge in [-0.3, -0.25) is 0 Å². The number of aromatic nitrogens is 2. The van der Waals surface area contributed by atoms with Gasteiger partial charge in [-0.15, -0.1) is 22.7 Å². The average molecular weight is 945 g/mol. The Balaban J connectivity index is 1.22. The van der Waals surface area contributed by atoms with Crippen LogP contribution in [0.25, 0.3) is 76.0 Å². The van der Waals surface area contributed by atoms with Crippen LogP contribution in [0.4, 0.5) is 13.2 Å². The first kappa shape index (κ1) is 47.7. The highest BCUT2D eigenvalue weighted by molar-refractivity contribution is 7.19. The monoisotopic (exact) mass is 944 g/mol. The molecule has 0 radical (unpaired) electrons. The standard InChI is InChI=1S/C61H63F3N2S2/c1-6-8-10-12-14-22-36-60(37-23-15-13-11-9-7-2)48-38-40(3)28-31-46(48)47-32-30-45(39-49(47)60)50-34-35-52(68-50)54-55(61(62,63)64)42(5)53(51-33-29-41(4)67-51)58-59(54)66-57(44-26-20-17-21-27-44)56(65-58)43-24-18-16-19-25-43/h16-21,24-35,38-39H,6-15,22-23,36-37H2,1-5H3. The van der Waals surface area contributed by atoms with Crippen molar-refractivity contribution in [2.45, 2.75) is 136 Å². The maximum Gasteiger partial charge on any atom is 0.417 e. The Hall–Kier alpha value is -5.37. The number of halogens is 3. The Labute approximate surface area is 409 Å². The van der Waals surface area contributed by atoms with Crippen molar-refractivity contribution >= 4 is 33.7 Å². The van der Waals surface area contributed by atoms with Crippen molar-refractivity contribution in [2.75, 3.05) is 0 Å². The molecule has 9 rings (SSSR count). The highest BCUT2D eigenvalue weighted by Gasteiger charge is 2.43. The third kappa shape index (κ3) is 9.50. The number of hydrogen-bond acceptors (Lipinski definition) is 4. The van der Waals surface area contributed by atoms with Crippen LogP contribution in [-0.2, 0) is 11.6 Å². The van der Waals surface area contributed by atoms with Gasteiger partial charge in [0.2, 0.25) is 0 Å². The Morgan fingerprint density at radius 3 is 1.54 bits per heavy atom. The molecule has 0 bridgehead atoms. The van der Waals surface area contributed by atoms with Crippen LogP contribution in [0.5, 0.6) is 0 Å². The van der Waals surface area contributed by atoms with Gasteiger partial charge in [0.15, 0.2) is 0 Å². The highest BCUT2D eigenvalue weighted by Crippen LogP contribution is 2.56. The van der Waals surface area contributed by atoms with Crippen molar-refractivity contribution in [1.29, 1.82) is 0 Å². The maximum absolute atomic E-state index is 16.1. The Kier molecular flexibility index (Phi) is 14.5. The summed E-state index contributed by atoms with van der Waals surface area (Å²) in [5.74, 6) is 0. The number of hydrogen-bond donors (Lipinski definition) is 0. The van der Waals surface area contributed by atoms with Gasteiger partial charge in [0, 0.05) is 47.2 Å². The molecule has 0 amide bonds. The van der Waals surface area contributed by atoms with E-state index in [1.54, 1.807) is 6.92 Å². The van der Waals surface area contributed by atoms with Crippen molar-refractivity contribution in [1.82, 2.24) is 9.97 Å². The molecule has 0 unspecified atom stereocenters. The Morgan fingerprint density at radius 2 is 0.985 bits per heavy atom. The fraction of sp³-hybridized carbons (Fsp3) is 0.344. The van der Waals surface area contributed by atoms with E-state index in [9.17, 15) is 0 Å². The molecule has 2 nitrogen and oxygen atoms in total. The molecule has 0 saturated heterocycles. The second-order valence-corrected chi connectivity index (χ2v) is 21.5. The molecule has 1 aliphatic rings. The van der Waals surface area contributed by atoms with E-state index in [0.29, 0.717) is 27.3 Å². The van der Waals surface area contributed by atoms with Gasteiger partial charge >= 0.3 is 6.18 Å². The van der Waals surface area contributed by atoms with Crippen LogP contribution in [0, 0.1) is 20.8 Å². The van der Waals surface area contributed by atoms with Crippen LogP contribution in [0.3, 0.4) is 0 Å². The van der Waals surface area contributed by atoms with Crippen LogP contribution in [-0.4, -0.2) is 9.97 Å². The summed E-state index contributed by atoms with van der Waals surface area (Å²) >= 11 is 2.91. The molecule has 0 aliphatic heterocycles. The lowest BCUT2D eigenvalue weighted by Crippen LogP contribution is -2.25. The molecule has 7 heteroatoms. The summed E-state index contributed by atoms with van der Waals surface area (Å²) in [4.78, 5) is 14.0. The first-order chi connectivity index (χ1) is 33.0. The third-order valence-corrected chi connectivity index (χ3v) is 16.5. The molecule has 0 atom stereocenters. The largest absolute Gasteiger partial charge is 0.417 e. The Morgan fingerprint density at radius 1 is 0.485 bits per heavy atom. The lowest BCUT2D eigenvalue weighted by atomic mass is 9.70. The number of alkyl halides is 3. The zero-order valence-electron chi connectivity index (χ0n) is 40.3. The van der Waals surface area contributed by atoms with Gasteiger partial charge in [-0.05, 0) is 97.3 Å². The summed E-state index contributed by atoms with van der Waals surface area (Å²) in [6.45, 7) is 10.4. The van der Waals surface area contributed by atoms with Gasteiger partial charge in [0.05, 0.1) is 28.0 Å². The fourth-order valence-corrected chi connectivity index (χ4v) is 12.9. The van der Waals surface area contributed by atoms with Gasteiger partial charge in [-0.1, -0.05) is 187 Å². The normalized spacial score (nSPS) is 13.1. The molecular formula is C61H63F3N2S2. The lowest BCUT2D eigenvalue weighted by Gasteiger charge is -2.33. The predicted molar refractivity (Wildman–Crippen MR) is 284 cm³/mol. The maximum atomic E-state index is 16.1. The molecule has 3 aromatic heterocycles. The number of aryl methyl sites for hydroxylation is 2. The van der Waals surface area contributed by atoms with Crippen molar-refractivity contribution in [3.63, 3.8) is 0 Å². The molecule has 68 heavy (non-hydrogen) atoms. The first-order valence-electron chi connectivity index (χ1n) is 25.0. The molecule has 1 aliphatic carbocycles. The van der Waals surface area contributed by atoms with Crippen LogP contribution < -0.4 is 0 Å². The lowest BCUT2D eigenvalue weighted by molar-refractivity contribution is -0.137. The SMILES string of the molecule is CCCCCCCCC1(CCCCCCCC)c2cc(C)ccc2-c2ccc(-c3ccc(-c4c(C(F)(F)F)c(C)c(-c5ccc(C)s5)c5nc(-c6ccccc6)c(-c6ccccc6)nc45)s3)cc21. The van der Waals surface area contributed by atoms with Gasteiger partial charge in [0.25, 0.3) is 0 Å². The number of nitrogens with zero attached hydrogens (tertiary/aromatic N) is 2. The minimum absolute atomic E-state index is 0.0899. The molecular weight excluding hydrogens is 882 g/mol. The van der Waals surface area contributed by atoms with E-state index in [1.807, 2.05) is 91.9 Å². The topological polar surface area (TPSA) is 25.8 Å². The summed E-state index contributed by atoms with van der Waals surface area (Å²) in [5, 5.41) is 0. The summed E-state index contributed by atoms with van der Waals surface area (Å²) in [7, 11) is 0. The molecule has 350 valence electrons. The summed E-state index contributed by atoms with van der Waals surface area (Å²) in [5.41, 5.74) is 11.3. The van der Waals surface area contributed by atoms with Crippen LogP contribution >= 0.6 is 22.7 Å². The summed E-state index contributed by atoms with van der Waals surface area (Å²) < 4.78 is 48.2. The zero-order valence-corrected chi connectivity index (χ0v) is 41.9. The van der Waals surface area contributed by atoms with Crippen molar-refractivity contribution in [2.24, 2.45) is 0 Å². The van der Waals surface area contributed by atoms with E-state index < -0.39 is 11.7 Å². The number of benzene rings is 5. The fourth-order valence-electron chi connectivity index (χ4n) is 10.9. The van der Waals surface area contributed by atoms with E-state index in [1.165, 1.54) is 128 Å². The Bertz CT molecular complexity index is 3000. The van der Waals surface area contributed by atoms with E-state index >= 15 is 13.2 Å². The number of rotatable bonds is 19. The summed E-state index contributed by atoms with van der Waals surface area (Å²) in [6, 6.07) is 41.3. The quantitative estimate of drug-likeness (QED) is 0.0755. The second kappa shape index (κ2) is 20.7. The number of unbranched alkanes of at least 4 members (excludes halogenated alkanes) is 10. The molecule has 0 N–H and O–H groups in total. The van der Waals surface area contributed by atoms with Crippen LogP contribution in [0.1, 0.15) is 136 Å². The van der Waals surface area contributed by atoms with Crippen LogP contribution in [0.2, 0.25) is 0 Å². The molecule has 3 heterocycles. The summed E-state index contributed by atoms with van der Waals surface area (Å²) in [6.07, 6.45) is 12.5. The van der Waals surface area contributed by atoms with Crippen molar-refractivity contribution in [3.05, 3.63) is 154 Å². The molecule has 0 fully saturated rings. The van der Waals surface area contributed by atoms with E-state index in [-0.39, 0.29) is 22.1 Å². The number of thiophene rings is 2. The van der Waals surface area contributed by atoms with Gasteiger partial charge in [0.1, 0.15) is 0 Å². The second-order valence-electron chi connectivity index (χ2n) is 19.1. The number of fused-ring (bicyclic) bond motifs is 4. The predicted octanol–water partition coefficient (Wildman–Crippen LogP) is 19.8. The zero-order chi connectivity index (χ0) is 47.4. The third-order valence-electron chi connectivity index (χ3n) is 14.3. The molecule has 5 aromatic carbocycles. The van der Waals surface area contributed by atoms with Crippen molar-refractivity contribution < 1.29 is 13.2 Å². The average Bonchev–Trinajstić information content (AvgIpc) is 4.07. The molecule has 0 spiro atoms. The molecule has 0 saturated carbocycles. The van der Waals surface area contributed by atoms with E-state index in [4.69, 9.17) is 9.97 Å². The minimum atomic E-state index is -4.67. The van der Waals surface area contributed by atoms with Crippen molar-refractivity contribution in [3.8, 4) is 65.0 Å². The molecule has 8 aromatic rings.